The highest BCUT2D eigenvalue weighted by atomic mass is 16.5. The third-order valence-corrected chi connectivity index (χ3v) is 4.16. The van der Waals surface area contributed by atoms with E-state index in [1.165, 1.54) is 5.39 Å². The molecule has 4 nitrogen and oxygen atoms in total. The van der Waals surface area contributed by atoms with Crippen LogP contribution in [0.3, 0.4) is 0 Å². The van der Waals surface area contributed by atoms with Crippen LogP contribution in [0.5, 0.6) is 0 Å². The molecule has 0 aliphatic carbocycles. The summed E-state index contributed by atoms with van der Waals surface area (Å²) in [4.78, 5) is 4.65. The van der Waals surface area contributed by atoms with E-state index < -0.39 is 0 Å². The van der Waals surface area contributed by atoms with Crippen molar-refractivity contribution in [3.63, 3.8) is 0 Å². The highest BCUT2D eigenvalue weighted by Gasteiger charge is 2.22. The molecule has 2 heterocycles. The maximum atomic E-state index is 5.52. The minimum Gasteiger partial charge on any atom is -0.339 e. The maximum absolute atomic E-state index is 5.52. The minimum absolute atomic E-state index is 0.391. The van der Waals surface area contributed by atoms with E-state index in [-0.39, 0.29) is 0 Å². The van der Waals surface area contributed by atoms with Gasteiger partial charge in [0.05, 0.1) is 0 Å². The smallest absolute Gasteiger partial charge is 0.230 e. The van der Waals surface area contributed by atoms with Crippen LogP contribution in [0, 0.1) is 0 Å². The fraction of sp³-hybridized carbons (Fsp3) is 0.294. The van der Waals surface area contributed by atoms with Crippen molar-refractivity contribution in [2.45, 2.75) is 18.8 Å². The first kappa shape index (κ1) is 12.5. The molecule has 106 valence electrons. The Bertz CT molecular complexity index is 754. The van der Waals surface area contributed by atoms with Crippen molar-refractivity contribution in [1.82, 2.24) is 15.5 Å². The summed E-state index contributed by atoms with van der Waals surface area (Å²) in [5.41, 5.74) is 1.04. The number of aromatic nitrogens is 2. The van der Waals surface area contributed by atoms with E-state index in [0.717, 1.165) is 42.8 Å². The molecule has 4 rings (SSSR count). The van der Waals surface area contributed by atoms with Crippen LogP contribution in [0.15, 0.2) is 47.0 Å². The van der Waals surface area contributed by atoms with Gasteiger partial charge in [-0.25, -0.2) is 0 Å². The Labute approximate surface area is 123 Å². The topological polar surface area (TPSA) is 51.0 Å². The molecule has 1 aromatic heterocycles. The molecule has 0 atom stereocenters. The van der Waals surface area contributed by atoms with Gasteiger partial charge >= 0.3 is 0 Å². The lowest BCUT2D eigenvalue weighted by atomic mass is 9.98. The SMILES string of the molecule is c1ccc2c(-c3noc(C4CCNCC4)n3)cccc2c1. The number of rotatable bonds is 2. The second kappa shape index (κ2) is 5.30. The molecule has 0 saturated carbocycles. The molecule has 1 fully saturated rings. The molecule has 2 aromatic carbocycles. The monoisotopic (exact) mass is 279 g/mol. The Balaban J connectivity index is 1.74. The van der Waals surface area contributed by atoms with Gasteiger partial charge < -0.3 is 9.84 Å². The van der Waals surface area contributed by atoms with Gasteiger partial charge in [-0.15, -0.1) is 0 Å². The van der Waals surface area contributed by atoms with Crippen LogP contribution < -0.4 is 5.32 Å². The van der Waals surface area contributed by atoms with Crippen molar-refractivity contribution < 1.29 is 4.52 Å². The predicted octanol–water partition coefficient (Wildman–Crippen LogP) is 3.36. The largest absolute Gasteiger partial charge is 0.339 e. The van der Waals surface area contributed by atoms with Crippen LogP contribution in [0.2, 0.25) is 0 Å². The van der Waals surface area contributed by atoms with Crippen molar-refractivity contribution in [1.29, 1.82) is 0 Å². The van der Waals surface area contributed by atoms with Crippen molar-refractivity contribution in [3.05, 3.63) is 48.4 Å². The molecule has 0 spiro atoms. The Hall–Kier alpha value is -2.20. The first-order valence-corrected chi connectivity index (χ1v) is 7.44. The second-order valence-corrected chi connectivity index (χ2v) is 5.51. The lowest BCUT2D eigenvalue weighted by molar-refractivity contribution is 0.320. The fourth-order valence-corrected chi connectivity index (χ4v) is 3.00. The van der Waals surface area contributed by atoms with E-state index in [0.29, 0.717) is 11.7 Å². The molecule has 0 unspecified atom stereocenters. The summed E-state index contributed by atoms with van der Waals surface area (Å²) in [5, 5.41) is 9.92. The Morgan fingerprint density at radius 1 is 1.00 bits per heavy atom. The summed E-state index contributed by atoms with van der Waals surface area (Å²) in [5.74, 6) is 1.86. The summed E-state index contributed by atoms with van der Waals surface area (Å²) in [6.45, 7) is 2.05. The zero-order valence-corrected chi connectivity index (χ0v) is 11.7. The Morgan fingerprint density at radius 2 is 1.81 bits per heavy atom. The van der Waals surface area contributed by atoms with E-state index >= 15 is 0 Å². The molecule has 1 aliphatic rings. The molecular weight excluding hydrogens is 262 g/mol. The highest BCUT2D eigenvalue weighted by molar-refractivity contribution is 5.94. The average Bonchev–Trinajstić information content (AvgIpc) is 3.05. The van der Waals surface area contributed by atoms with Gasteiger partial charge in [0.15, 0.2) is 0 Å². The molecule has 0 amide bonds. The Kier molecular flexibility index (Phi) is 3.16. The summed E-state index contributed by atoms with van der Waals surface area (Å²) < 4.78 is 5.52. The van der Waals surface area contributed by atoms with E-state index in [4.69, 9.17) is 4.52 Å². The quantitative estimate of drug-likeness (QED) is 0.781. The lowest BCUT2D eigenvalue weighted by Gasteiger charge is -2.18. The zero-order valence-electron chi connectivity index (χ0n) is 11.7. The first-order valence-electron chi connectivity index (χ1n) is 7.44. The Morgan fingerprint density at radius 3 is 2.71 bits per heavy atom. The predicted molar refractivity (Wildman–Crippen MR) is 82.1 cm³/mol. The molecule has 4 heteroatoms. The number of nitrogens with one attached hydrogen (secondary N) is 1. The molecule has 1 aliphatic heterocycles. The summed E-state index contributed by atoms with van der Waals surface area (Å²) in [7, 11) is 0. The van der Waals surface area contributed by atoms with Gasteiger partial charge in [-0.05, 0) is 36.7 Å². The number of fused-ring (bicyclic) bond motifs is 1. The highest BCUT2D eigenvalue weighted by Crippen LogP contribution is 2.29. The average molecular weight is 279 g/mol. The van der Waals surface area contributed by atoms with Crippen LogP contribution in [-0.4, -0.2) is 23.2 Å². The second-order valence-electron chi connectivity index (χ2n) is 5.51. The third kappa shape index (κ3) is 2.32. The van der Waals surface area contributed by atoms with E-state index in [2.05, 4.69) is 39.7 Å². The van der Waals surface area contributed by atoms with Crippen LogP contribution >= 0.6 is 0 Å². The fourth-order valence-electron chi connectivity index (χ4n) is 3.00. The normalized spacial score (nSPS) is 16.4. The number of benzene rings is 2. The van der Waals surface area contributed by atoms with Crippen molar-refractivity contribution >= 4 is 10.8 Å². The number of piperidine rings is 1. The third-order valence-electron chi connectivity index (χ3n) is 4.16. The lowest BCUT2D eigenvalue weighted by Crippen LogP contribution is -2.26. The van der Waals surface area contributed by atoms with Crippen molar-refractivity contribution in [2.24, 2.45) is 0 Å². The molecule has 1 saturated heterocycles. The van der Waals surface area contributed by atoms with Crippen LogP contribution in [0.25, 0.3) is 22.2 Å². The van der Waals surface area contributed by atoms with Gasteiger partial charge in [-0.3, -0.25) is 0 Å². The molecular formula is C17H17N3O. The van der Waals surface area contributed by atoms with E-state index in [9.17, 15) is 0 Å². The van der Waals surface area contributed by atoms with Crippen LogP contribution in [0.4, 0.5) is 0 Å². The summed E-state index contributed by atoms with van der Waals surface area (Å²) in [6.07, 6.45) is 2.13. The maximum Gasteiger partial charge on any atom is 0.230 e. The van der Waals surface area contributed by atoms with Gasteiger partial charge in [0.1, 0.15) is 0 Å². The van der Waals surface area contributed by atoms with Crippen LogP contribution in [0.1, 0.15) is 24.7 Å². The zero-order chi connectivity index (χ0) is 14.1. The minimum atomic E-state index is 0.391. The first-order chi connectivity index (χ1) is 10.4. The van der Waals surface area contributed by atoms with Gasteiger partial charge in [-0.2, -0.15) is 4.98 Å². The van der Waals surface area contributed by atoms with Gasteiger partial charge in [0, 0.05) is 11.5 Å². The molecule has 0 bridgehead atoms. The molecule has 0 radical (unpaired) electrons. The number of hydrogen-bond acceptors (Lipinski definition) is 4. The van der Waals surface area contributed by atoms with Crippen molar-refractivity contribution in [3.8, 4) is 11.4 Å². The van der Waals surface area contributed by atoms with Gasteiger partial charge in [-0.1, -0.05) is 47.6 Å². The van der Waals surface area contributed by atoms with Crippen molar-refractivity contribution in [2.75, 3.05) is 13.1 Å². The summed E-state index contributed by atoms with van der Waals surface area (Å²) >= 11 is 0. The molecule has 3 aromatic rings. The van der Waals surface area contributed by atoms with Gasteiger partial charge in [0.25, 0.3) is 0 Å². The van der Waals surface area contributed by atoms with E-state index in [1.54, 1.807) is 0 Å². The number of nitrogens with zero attached hydrogens (tertiary/aromatic N) is 2. The van der Waals surface area contributed by atoms with Crippen LogP contribution in [-0.2, 0) is 0 Å². The summed E-state index contributed by atoms with van der Waals surface area (Å²) in [6, 6.07) is 14.5. The standard InChI is InChI=1S/C17H17N3O/c1-2-6-14-12(4-1)5-3-7-15(14)16-19-17(21-20-16)13-8-10-18-11-9-13/h1-7,13,18H,8-11H2. The molecule has 21 heavy (non-hydrogen) atoms. The number of hydrogen-bond donors (Lipinski definition) is 1. The van der Waals surface area contributed by atoms with Gasteiger partial charge in [0.2, 0.25) is 11.7 Å². The van der Waals surface area contributed by atoms with E-state index in [1.807, 2.05) is 18.2 Å². The molecule has 1 N–H and O–H groups in total.